The first-order valence-electron chi connectivity index (χ1n) is 8.52. The van der Waals surface area contributed by atoms with Gasteiger partial charge in [0.25, 0.3) is 0 Å². The van der Waals surface area contributed by atoms with Crippen LogP contribution < -0.4 is 9.47 Å². The van der Waals surface area contributed by atoms with Crippen molar-refractivity contribution in [2.75, 3.05) is 21.3 Å². The van der Waals surface area contributed by atoms with Crippen LogP contribution in [0.3, 0.4) is 0 Å². The van der Waals surface area contributed by atoms with E-state index in [2.05, 4.69) is 9.55 Å². The number of hydrogen-bond donors (Lipinski definition) is 0. The van der Waals surface area contributed by atoms with Gasteiger partial charge in [-0.1, -0.05) is 18.2 Å². The van der Waals surface area contributed by atoms with Gasteiger partial charge in [-0.05, 0) is 35.4 Å². The van der Waals surface area contributed by atoms with Crippen molar-refractivity contribution in [2.24, 2.45) is 0 Å². The van der Waals surface area contributed by atoms with E-state index in [4.69, 9.17) is 14.2 Å². The lowest BCUT2D eigenvalue weighted by molar-refractivity contribution is 0.0600. The Balaban J connectivity index is 1.80. The fraction of sp³-hybridized carbons (Fsp3) is 0.238. The van der Waals surface area contributed by atoms with Crippen molar-refractivity contribution in [3.63, 3.8) is 0 Å². The van der Waals surface area contributed by atoms with E-state index in [1.807, 2.05) is 42.6 Å². The number of rotatable bonds is 7. The molecule has 0 spiro atoms. The van der Waals surface area contributed by atoms with Crippen LogP contribution in [0.5, 0.6) is 11.5 Å². The van der Waals surface area contributed by atoms with Crippen molar-refractivity contribution in [1.29, 1.82) is 0 Å². The average Bonchev–Trinajstić information content (AvgIpc) is 3.13. The Morgan fingerprint density at radius 3 is 2.56 bits per heavy atom. The third-order valence-electron chi connectivity index (χ3n) is 4.31. The van der Waals surface area contributed by atoms with Crippen LogP contribution in [0.4, 0.5) is 0 Å². The summed E-state index contributed by atoms with van der Waals surface area (Å²) in [5.41, 5.74) is 2.62. The highest BCUT2D eigenvalue weighted by Gasteiger charge is 2.10. The fourth-order valence-electron chi connectivity index (χ4n) is 2.94. The van der Waals surface area contributed by atoms with E-state index in [-0.39, 0.29) is 5.97 Å². The van der Waals surface area contributed by atoms with E-state index in [1.54, 1.807) is 26.5 Å². The predicted octanol–water partition coefficient (Wildman–Crippen LogP) is 3.33. The van der Waals surface area contributed by atoms with Gasteiger partial charge in [0, 0.05) is 25.4 Å². The molecule has 1 aromatic heterocycles. The van der Waals surface area contributed by atoms with E-state index in [1.165, 1.54) is 7.11 Å². The minimum Gasteiger partial charge on any atom is -0.493 e. The molecule has 27 heavy (non-hydrogen) atoms. The van der Waals surface area contributed by atoms with Crippen LogP contribution in [0.25, 0.3) is 0 Å². The zero-order chi connectivity index (χ0) is 19.2. The quantitative estimate of drug-likeness (QED) is 0.600. The van der Waals surface area contributed by atoms with E-state index in [0.29, 0.717) is 30.0 Å². The van der Waals surface area contributed by atoms with Gasteiger partial charge in [0.15, 0.2) is 11.5 Å². The molecule has 0 saturated heterocycles. The molecule has 0 aliphatic rings. The molecule has 0 amide bonds. The van der Waals surface area contributed by atoms with E-state index >= 15 is 0 Å². The number of carbonyl (C=O) groups excluding carboxylic acids is 1. The second-order valence-electron chi connectivity index (χ2n) is 6.03. The van der Waals surface area contributed by atoms with Gasteiger partial charge in [0.2, 0.25) is 0 Å². The standard InChI is InChI=1S/C21H22N2O4/c1-25-18-8-7-15(12-19(18)26-2)13-20-22-9-10-23(20)14-16-5-4-6-17(11-16)21(24)27-3/h4-12H,13-14H2,1-3H3. The number of methoxy groups -OCH3 is 3. The SMILES string of the molecule is COC(=O)c1cccc(Cn2ccnc2Cc2ccc(OC)c(OC)c2)c1. The number of carbonyl (C=O) groups is 1. The molecule has 0 aliphatic carbocycles. The van der Waals surface area contributed by atoms with Crippen LogP contribution in [0.2, 0.25) is 0 Å². The minimum absolute atomic E-state index is 0.340. The van der Waals surface area contributed by atoms with Gasteiger partial charge in [0.1, 0.15) is 5.82 Å². The lowest BCUT2D eigenvalue weighted by atomic mass is 10.1. The van der Waals surface area contributed by atoms with Crippen molar-refractivity contribution in [1.82, 2.24) is 9.55 Å². The molecule has 0 unspecified atom stereocenters. The fourth-order valence-corrected chi connectivity index (χ4v) is 2.94. The Kier molecular flexibility index (Phi) is 5.76. The van der Waals surface area contributed by atoms with E-state index in [9.17, 15) is 4.79 Å². The van der Waals surface area contributed by atoms with Gasteiger partial charge in [-0.25, -0.2) is 9.78 Å². The van der Waals surface area contributed by atoms with Crippen LogP contribution >= 0.6 is 0 Å². The molecule has 1 heterocycles. The molecule has 0 saturated carbocycles. The summed E-state index contributed by atoms with van der Waals surface area (Å²) in [6.07, 6.45) is 4.37. The van der Waals surface area contributed by atoms with Gasteiger partial charge in [0.05, 0.1) is 26.9 Å². The summed E-state index contributed by atoms with van der Waals surface area (Å²) >= 11 is 0. The highest BCUT2D eigenvalue weighted by atomic mass is 16.5. The highest BCUT2D eigenvalue weighted by molar-refractivity contribution is 5.89. The molecule has 0 bridgehead atoms. The lowest BCUT2D eigenvalue weighted by Gasteiger charge is -2.11. The number of aromatic nitrogens is 2. The molecule has 140 valence electrons. The maximum Gasteiger partial charge on any atom is 0.337 e. The first-order chi connectivity index (χ1) is 13.1. The molecule has 3 rings (SSSR count). The molecule has 0 atom stereocenters. The van der Waals surface area contributed by atoms with Crippen LogP contribution in [0.15, 0.2) is 54.9 Å². The average molecular weight is 366 g/mol. The summed E-state index contributed by atoms with van der Waals surface area (Å²) < 4.78 is 17.5. The number of esters is 1. The molecule has 0 fully saturated rings. The number of imidazole rings is 1. The van der Waals surface area contributed by atoms with Crippen LogP contribution in [-0.2, 0) is 17.7 Å². The molecular formula is C21H22N2O4. The number of benzene rings is 2. The third-order valence-corrected chi connectivity index (χ3v) is 4.31. The van der Waals surface area contributed by atoms with Gasteiger partial charge in [-0.15, -0.1) is 0 Å². The number of ether oxygens (including phenoxy) is 3. The molecule has 2 aromatic carbocycles. The summed E-state index contributed by atoms with van der Waals surface area (Å²) in [4.78, 5) is 16.2. The lowest BCUT2D eigenvalue weighted by Crippen LogP contribution is -2.07. The molecule has 3 aromatic rings. The Hall–Kier alpha value is -3.28. The third kappa shape index (κ3) is 4.28. The van der Waals surface area contributed by atoms with E-state index in [0.717, 1.165) is 17.0 Å². The first-order valence-corrected chi connectivity index (χ1v) is 8.52. The second kappa shape index (κ2) is 8.40. The van der Waals surface area contributed by atoms with Gasteiger partial charge in [-0.3, -0.25) is 0 Å². The number of nitrogens with zero attached hydrogens (tertiary/aromatic N) is 2. The zero-order valence-electron chi connectivity index (χ0n) is 15.6. The maximum atomic E-state index is 11.7. The van der Waals surface area contributed by atoms with Gasteiger partial charge < -0.3 is 18.8 Å². The Labute approximate surface area is 158 Å². The predicted molar refractivity (Wildman–Crippen MR) is 101 cm³/mol. The molecule has 6 nitrogen and oxygen atoms in total. The Morgan fingerprint density at radius 2 is 1.81 bits per heavy atom. The maximum absolute atomic E-state index is 11.7. The largest absolute Gasteiger partial charge is 0.493 e. The molecule has 6 heteroatoms. The topological polar surface area (TPSA) is 62.6 Å². The normalized spacial score (nSPS) is 10.5. The smallest absolute Gasteiger partial charge is 0.337 e. The van der Waals surface area contributed by atoms with Crippen LogP contribution in [0.1, 0.15) is 27.3 Å². The first kappa shape index (κ1) is 18.5. The summed E-state index contributed by atoms with van der Waals surface area (Å²) in [5.74, 6) is 1.97. The van der Waals surface area contributed by atoms with Crippen molar-refractivity contribution in [2.45, 2.75) is 13.0 Å². The van der Waals surface area contributed by atoms with Gasteiger partial charge in [-0.2, -0.15) is 0 Å². The number of hydrogen-bond acceptors (Lipinski definition) is 5. The molecule has 0 aliphatic heterocycles. The van der Waals surface area contributed by atoms with Crippen molar-refractivity contribution in [3.05, 3.63) is 77.4 Å². The van der Waals surface area contributed by atoms with Gasteiger partial charge >= 0.3 is 5.97 Å². The molecule has 0 radical (unpaired) electrons. The zero-order valence-corrected chi connectivity index (χ0v) is 15.6. The van der Waals surface area contributed by atoms with Crippen molar-refractivity contribution < 1.29 is 19.0 Å². The summed E-state index contributed by atoms with van der Waals surface area (Å²) in [6.45, 7) is 0.619. The van der Waals surface area contributed by atoms with E-state index < -0.39 is 0 Å². The van der Waals surface area contributed by atoms with Crippen LogP contribution in [0, 0.1) is 0 Å². The Morgan fingerprint density at radius 1 is 1.00 bits per heavy atom. The van der Waals surface area contributed by atoms with Crippen molar-refractivity contribution >= 4 is 5.97 Å². The minimum atomic E-state index is -0.340. The monoisotopic (exact) mass is 366 g/mol. The summed E-state index contributed by atoms with van der Waals surface area (Å²) in [7, 11) is 4.62. The second-order valence-corrected chi connectivity index (χ2v) is 6.03. The highest BCUT2D eigenvalue weighted by Crippen LogP contribution is 2.28. The van der Waals surface area contributed by atoms with Crippen molar-refractivity contribution in [3.8, 4) is 11.5 Å². The van der Waals surface area contributed by atoms with Crippen LogP contribution in [-0.4, -0.2) is 36.8 Å². The molecule has 0 N–H and O–H groups in total. The summed E-state index contributed by atoms with van der Waals surface area (Å²) in [6, 6.07) is 13.3. The molecular weight excluding hydrogens is 344 g/mol. The Bertz CT molecular complexity index is 933. The summed E-state index contributed by atoms with van der Waals surface area (Å²) in [5, 5.41) is 0.